The third-order valence-corrected chi connectivity index (χ3v) is 3.91. The Morgan fingerprint density at radius 3 is 2.47 bits per heavy atom. The molecule has 0 aliphatic carbocycles. The second-order valence-corrected chi connectivity index (χ2v) is 5.68. The maximum atomic E-state index is 11.9. The van der Waals surface area contributed by atoms with Gasteiger partial charge in [-0.25, -0.2) is 0 Å². The van der Waals surface area contributed by atoms with E-state index in [1.165, 1.54) is 0 Å². The first kappa shape index (κ1) is 12.1. The summed E-state index contributed by atoms with van der Waals surface area (Å²) in [5.74, 6) is 0.330. The average Bonchev–Trinajstić information content (AvgIpc) is 2.30. The predicted molar refractivity (Wildman–Crippen MR) is 65.6 cm³/mol. The Labute approximate surface area is 101 Å². The van der Waals surface area contributed by atoms with E-state index >= 15 is 0 Å². The lowest BCUT2D eigenvalue weighted by Gasteiger charge is -2.14. The number of aryl methyl sites for hydroxylation is 1. The van der Waals surface area contributed by atoms with Crippen LogP contribution in [0, 0.1) is 6.92 Å². The minimum atomic E-state index is -3.61. The van der Waals surface area contributed by atoms with E-state index in [0.29, 0.717) is 18.9 Å². The average molecular weight is 253 g/mol. The Morgan fingerprint density at radius 1 is 1.18 bits per heavy atom. The van der Waals surface area contributed by atoms with Crippen LogP contribution in [0.15, 0.2) is 33.6 Å². The van der Waals surface area contributed by atoms with Gasteiger partial charge in [0.1, 0.15) is 0 Å². The number of rotatable bonds is 2. The largest absolute Gasteiger partial charge is 0.480 e. The van der Waals surface area contributed by atoms with Crippen molar-refractivity contribution in [2.45, 2.75) is 31.1 Å². The fourth-order valence-electron chi connectivity index (χ4n) is 1.61. The molecule has 92 valence electrons. The molecule has 0 spiro atoms. The zero-order chi connectivity index (χ0) is 12.3. The smallest absolute Gasteiger partial charge is 0.285 e. The fourth-order valence-corrected chi connectivity index (χ4v) is 2.61. The normalized spacial score (nSPS) is 19.0. The SMILES string of the molecule is Cc1ccc(S(=O)(=O)/N=C2/CCCCO2)cc1. The number of hydrogen-bond acceptors (Lipinski definition) is 3. The van der Waals surface area contributed by atoms with Gasteiger partial charge in [0.2, 0.25) is 0 Å². The van der Waals surface area contributed by atoms with Crippen LogP contribution in [0.4, 0.5) is 0 Å². The van der Waals surface area contributed by atoms with Gasteiger partial charge in [0.25, 0.3) is 10.0 Å². The standard InChI is InChI=1S/C12H15NO3S/c1-10-5-7-11(8-6-10)17(14,15)13-12-4-2-3-9-16-12/h5-8H,2-4,9H2,1H3/b13-12-. The first-order valence-electron chi connectivity index (χ1n) is 5.61. The topological polar surface area (TPSA) is 55.7 Å². The lowest BCUT2D eigenvalue weighted by Crippen LogP contribution is -2.14. The molecular weight excluding hydrogens is 238 g/mol. The van der Waals surface area contributed by atoms with Crippen LogP contribution in [0.3, 0.4) is 0 Å². The molecule has 1 aliphatic rings. The molecule has 4 nitrogen and oxygen atoms in total. The summed E-state index contributed by atoms with van der Waals surface area (Å²) in [4.78, 5) is 0.213. The fraction of sp³-hybridized carbons (Fsp3) is 0.417. The van der Waals surface area contributed by atoms with Crippen molar-refractivity contribution in [3.63, 3.8) is 0 Å². The zero-order valence-corrected chi connectivity index (χ0v) is 10.5. The van der Waals surface area contributed by atoms with E-state index in [1.807, 2.05) is 6.92 Å². The van der Waals surface area contributed by atoms with Crippen molar-refractivity contribution in [1.82, 2.24) is 0 Å². The summed E-state index contributed by atoms with van der Waals surface area (Å²) in [5, 5.41) is 0. The first-order chi connectivity index (χ1) is 8.08. The van der Waals surface area contributed by atoms with E-state index in [0.717, 1.165) is 18.4 Å². The zero-order valence-electron chi connectivity index (χ0n) is 9.72. The molecule has 1 heterocycles. The highest BCUT2D eigenvalue weighted by atomic mass is 32.2. The molecular formula is C12H15NO3S. The molecule has 1 aromatic carbocycles. The van der Waals surface area contributed by atoms with Crippen molar-refractivity contribution >= 4 is 15.9 Å². The van der Waals surface area contributed by atoms with Gasteiger partial charge in [0, 0.05) is 6.42 Å². The van der Waals surface area contributed by atoms with Crippen molar-refractivity contribution in [1.29, 1.82) is 0 Å². The summed E-state index contributed by atoms with van der Waals surface area (Å²) >= 11 is 0. The van der Waals surface area contributed by atoms with Gasteiger partial charge >= 0.3 is 0 Å². The molecule has 0 radical (unpaired) electrons. The molecule has 0 bridgehead atoms. The van der Waals surface area contributed by atoms with E-state index < -0.39 is 10.0 Å². The van der Waals surface area contributed by atoms with Gasteiger partial charge < -0.3 is 4.74 Å². The number of nitrogens with zero attached hydrogens (tertiary/aromatic N) is 1. The molecule has 1 fully saturated rings. The second-order valence-electron chi connectivity index (χ2n) is 4.08. The number of benzene rings is 1. The van der Waals surface area contributed by atoms with E-state index in [2.05, 4.69) is 4.40 Å². The molecule has 0 N–H and O–H groups in total. The molecule has 17 heavy (non-hydrogen) atoms. The Bertz CT molecular complexity index is 509. The molecule has 0 unspecified atom stereocenters. The maximum Gasteiger partial charge on any atom is 0.285 e. The van der Waals surface area contributed by atoms with E-state index in [1.54, 1.807) is 24.3 Å². The third-order valence-electron chi connectivity index (χ3n) is 2.59. The van der Waals surface area contributed by atoms with E-state index in [-0.39, 0.29) is 4.90 Å². The van der Waals surface area contributed by atoms with E-state index in [4.69, 9.17) is 4.74 Å². The quantitative estimate of drug-likeness (QED) is 0.812. The summed E-state index contributed by atoms with van der Waals surface area (Å²) in [7, 11) is -3.61. The number of ether oxygens (including phenoxy) is 1. The molecule has 0 saturated carbocycles. The molecule has 2 rings (SSSR count). The lowest BCUT2D eigenvalue weighted by molar-refractivity contribution is 0.261. The minimum absolute atomic E-state index is 0.213. The second kappa shape index (κ2) is 4.87. The van der Waals surface area contributed by atoms with Gasteiger partial charge in [-0.3, -0.25) is 0 Å². The van der Waals surface area contributed by atoms with Gasteiger partial charge in [-0.2, -0.15) is 8.42 Å². The van der Waals surface area contributed by atoms with Crippen LogP contribution in [-0.2, 0) is 14.8 Å². The Balaban J connectivity index is 2.27. The first-order valence-corrected chi connectivity index (χ1v) is 7.05. The maximum absolute atomic E-state index is 11.9. The predicted octanol–water partition coefficient (Wildman–Crippen LogP) is 2.28. The van der Waals surface area contributed by atoms with Crippen LogP contribution >= 0.6 is 0 Å². The van der Waals surface area contributed by atoms with Crippen LogP contribution < -0.4 is 0 Å². The molecule has 1 saturated heterocycles. The van der Waals surface area contributed by atoms with Gasteiger partial charge in [-0.1, -0.05) is 17.7 Å². The van der Waals surface area contributed by atoms with Crippen LogP contribution in [0.2, 0.25) is 0 Å². The summed E-state index contributed by atoms with van der Waals surface area (Å²) in [6.45, 7) is 2.47. The van der Waals surface area contributed by atoms with Crippen LogP contribution in [0.25, 0.3) is 0 Å². The van der Waals surface area contributed by atoms with Crippen LogP contribution in [0.1, 0.15) is 24.8 Å². The van der Waals surface area contributed by atoms with Gasteiger partial charge in [0.15, 0.2) is 5.90 Å². The van der Waals surface area contributed by atoms with Gasteiger partial charge in [-0.05, 0) is 31.9 Å². The van der Waals surface area contributed by atoms with Crippen molar-refractivity contribution < 1.29 is 13.2 Å². The molecule has 0 aromatic heterocycles. The van der Waals surface area contributed by atoms with Crippen LogP contribution in [0.5, 0.6) is 0 Å². The molecule has 1 aliphatic heterocycles. The number of hydrogen-bond donors (Lipinski definition) is 0. The summed E-state index contributed by atoms with van der Waals surface area (Å²) in [6.07, 6.45) is 2.50. The third kappa shape index (κ3) is 3.06. The molecule has 0 atom stereocenters. The van der Waals surface area contributed by atoms with Crippen molar-refractivity contribution in [3.05, 3.63) is 29.8 Å². The summed E-state index contributed by atoms with van der Waals surface area (Å²) in [6, 6.07) is 6.65. The molecule has 5 heteroatoms. The Morgan fingerprint density at radius 2 is 1.88 bits per heavy atom. The molecule has 0 amide bonds. The Hall–Kier alpha value is -1.36. The highest BCUT2D eigenvalue weighted by Gasteiger charge is 2.16. The van der Waals surface area contributed by atoms with Crippen LogP contribution in [-0.4, -0.2) is 20.9 Å². The summed E-state index contributed by atoms with van der Waals surface area (Å²) in [5.41, 5.74) is 1.02. The van der Waals surface area contributed by atoms with Crippen molar-refractivity contribution in [2.75, 3.05) is 6.61 Å². The monoisotopic (exact) mass is 253 g/mol. The Kier molecular flexibility index (Phi) is 3.47. The summed E-state index contributed by atoms with van der Waals surface area (Å²) < 4.78 is 32.9. The van der Waals surface area contributed by atoms with E-state index in [9.17, 15) is 8.42 Å². The molecule has 1 aromatic rings. The number of sulfonamides is 1. The highest BCUT2D eigenvalue weighted by Crippen LogP contribution is 2.16. The minimum Gasteiger partial charge on any atom is -0.480 e. The lowest BCUT2D eigenvalue weighted by atomic mass is 10.2. The van der Waals surface area contributed by atoms with Crippen molar-refractivity contribution in [2.24, 2.45) is 4.40 Å². The van der Waals surface area contributed by atoms with Crippen molar-refractivity contribution in [3.8, 4) is 0 Å². The van der Waals surface area contributed by atoms with Gasteiger partial charge in [-0.15, -0.1) is 4.40 Å². The van der Waals surface area contributed by atoms with Gasteiger partial charge in [0.05, 0.1) is 11.5 Å². The highest BCUT2D eigenvalue weighted by molar-refractivity contribution is 7.90.